The highest BCUT2D eigenvalue weighted by atomic mass is 35.5. The van der Waals surface area contributed by atoms with Crippen LogP contribution in [0.3, 0.4) is 0 Å². The van der Waals surface area contributed by atoms with E-state index >= 15 is 0 Å². The van der Waals surface area contributed by atoms with Crippen molar-refractivity contribution in [3.05, 3.63) is 26.1 Å². The zero-order chi connectivity index (χ0) is 13.9. The summed E-state index contributed by atoms with van der Waals surface area (Å²) >= 11 is 11.2. The Morgan fingerprint density at radius 2 is 2.00 bits per heavy atom. The number of aromatic amines is 1. The van der Waals surface area contributed by atoms with Gasteiger partial charge in [0.2, 0.25) is 0 Å². The van der Waals surface area contributed by atoms with Crippen molar-refractivity contribution in [1.82, 2.24) is 10.2 Å². The quantitative estimate of drug-likeness (QED) is 0.767. The van der Waals surface area contributed by atoms with Crippen LogP contribution < -0.4 is 5.56 Å². The molecule has 0 spiro atoms. The summed E-state index contributed by atoms with van der Waals surface area (Å²) in [5.41, 5.74) is -0.598. The third kappa shape index (κ3) is 4.26. The highest BCUT2D eigenvalue weighted by Gasteiger charge is 2.16. The smallest absolute Gasteiger partial charge is 0.325 e. The van der Waals surface area contributed by atoms with Crippen LogP contribution in [0.5, 0.6) is 0 Å². The molecule has 11 heteroatoms. The molecule has 1 aromatic rings. The van der Waals surface area contributed by atoms with Gasteiger partial charge >= 0.3 is 16.4 Å². The number of carbonyl (C=O) groups excluding carboxylic acids is 1. The predicted molar refractivity (Wildman–Crippen MR) is 60.8 cm³/mol. The molecule has 18 heavy (non-hydrogen) atoms. The van der Waals surface area contributed by atoms with Crippen molar-refractivity contribution in [2.45, 2.75) is 12.8 Å². The van der Waals surface area contributed by atoms with Gasteiger partial charge in [0.1, 0.15) is 5.02 Å². The summed E-state index contributed by atoms with van der Waals surface area (Å²) in [6.45, 7) is 0. The van der Waals surface area contributed by atoms with Crippen LogP contribution >= 0.6 is 23.2 Å². The molecule has 0 aromatic carbocycles. The van der Waals surface area contributed by atoms with Gasteiger partial charge in [-0.25, -0.2) is 5.10 Å². The predicted octanol–water partition coefficient (Wildman–Crippen LogP) is 0.355. The van der Waals surface area contributed by atoms with Crippen molar-refractivity contribution < 1.29 is 21.9 Å². The van der Waals surface area contributed by atoms with Gasteiger partial charge in [-0.05, 0) is 0 Å². The number of hydrogen-bond acceptors (Lipinski definition) is 6. The zero-order valence-electron chi connectivity index (χ0n) is 8.51. The highest BCUT2D eigenvalue weighted by Crippen LogP contribution is 2.20. The van der Waals surface area contributed by atoms with E-state index in [4.69, 9.17) is 27.8 Å². The molecule has 0 amide bonds. The first-order valence-electron chi connectivity index (χ1n) is 4.33. The van der Waals surface area contributed by atoms with Gasteiger partial charge in [0.15, 0.2) is 0 Å². The van der Waals surface area contributed by atoms with Crippen LogP contribution in [0.4, 0.5) is 0 Å². The number of nitrogens with zero attached hydrogens (tertiary/aromatic N) is 1. The number of nitrogens with one attached hydrogen (secondary N) is 1. The second kappa shape index (κ2) is 5.65. The molecule has 0 saturated heterocycles. The van der Waals surface area contributed by atoms with E-state index in [9.17, 15) is 18.0 Å². The molecule has 0 aliphatic heterocycles. The maximum Gasteiger partial charge on any atom is 0.448 e. The fraction of sp³-hybridized carbons (Fsp3) is 0.286. The summed E-state index contributed by atoms with van der Waals surface area (Å²) in [5, 5.41) is 5.15. The van der Waals surface area contributed by atoms with E-state index in [2.05, 4.69) is 9.28 Å². The number of halogens is 2. The SMILES string of the molecule is O=C(CCc1n[nH]c(=O)c(Cl)c1Cl)OS(=O)(=O)O. The molecule has 1 aromatic heterocycles. The lowest BCUT2D eigenvalue weighted by molar-refractivity contribution is -0.134. The van der Waals surface area contributed by atoms with Gasteiger partial charge in [-0.15, -0.1) is 0 Å². The summed E-state index contributed by atoms with van der Waals surface area (Å²) in [4.78, 5) is 21.9. The van der Waals surface area contributed by atoms with E-state index in [1.807, 2.05) is 5.10 Å². The van der Waals surface area contributed by atoms with Gasteiger partial charge in [-0.3, -0.25) is 14.1 Å². The summed E-state index contributed by atoms with van der Waals surface area (Å²) in [7, 11) is -4.84. The van der Waals surface area contributed by atoms with Gasteiger partial charge in [-0.2, -0.15) is 13.5 Å². The van der Waals surface area contributed by atoms with Crippen LogP contribution in [-0.4, -0.2) is 29.1 Å². The van der Waals surface area contributed by atoms with Crippen LogP contribution in [0.1, 0.15) is 12.1 Å². The molecule has 8 nitrogen and oxygen atoms in total. The molecule has 1 rings (SSSR count). The van der Waals surface area contributed by atoms with Crippen LogP contribution in [0, 0.1) is 0 Å². The third-order valence-electron chi connectivity index (χ3n) is 1.70. The van der Waals surface area contributed by atoms with Crippen molar-refractivity contribution >= 4 is 39.6 Å². The monoisotopic (exact) mass is 316 g/mol. The summed E-state index contributed by atoms with van der Waals surface area (Å²) in [6, 6.07) is 0. The van der Waals surface area contributed by atoms with Gasteiger partial charge in [0.05, 0.1) is 17.1 Å². The summed E-state index contributed by atoms with van der Waals surface area (Å²) in [6.07, 6.45) is -0.543. The van der Waals surface area contributed by atoms with E-state index < -0.39 is 28.3 Å². The Labute approximate surface area is 111 Å². The standard InChI is InChI=1S/C7H6Cl2N2O6S/c8-5-3(10-11-7(13)6(5)9)1-2-4(12)17-18(14,15)16/h1-2H2,(H,11,13)(H,14,15,16). The highest BCUT2D eigenvalue weighted by molar-refractivity contribution is 7.81. The van der Waals surface area contributed by atoms with Crippen molar-refractivity contribution in [3.8, 4) is 0 Å². The lowest BCUT2D eigenvalue weighted by Crippen LogP contribution is -2.15. The fourth-order valence-electron chi connectivity index (χ4n) is 0.988. The van der Waals surface area contributed by atoms with Gasteiger partial charge in [0, 0.05) is 6.42 Å². The summed E-state index contributed by atoms with van der Waals surface area (Å²) < 4.78 is 32.3. The molecule has 0 aliphatic rings. The molecule has 0 fully saturated rings. The molecule has 0 unspecified atom stereocenters. The van der Waals surface area contributed by atoms with Crippen molar-refractivity contribution in [2.75, 3.05) is 0 Å². The van der Waals surface area contributed by atoms with Crippen LogP contribution in [-0.2, 0) is 25.8 Å². The van der Waals surface area contributed by atoms with Crippen LogP contribution in [0.15, 0.2) is 4.79 Å². The first kappa shape index (κ1) is 14.9. The Kier molecular flexibility index (Phi) is 4.68. The first-order chi connectivity index (χ1) is 8.20. The second-order valence-electron chi connectivity index (χ2n) is 3.01. The van der Waals surface area contributed by atoms with E-state index in [1.54, 1.807) is 0 Å². The molecular weight excluding hydrogens is 311 g/mol. The van der Waals surface area contributed by atoms with Gasteiger partial charge in [-0.1, -0.05) is 23.2 Å². The number of rotatable bonds is 4. The molecule has 0 atom stereocenters. The number of aryl methyl sites for hydroxylation is 1. The largest absolute Gasteiger partial charge is 0.448 e. The molecular formula is C7H6Cl2N2O6S. The Morgan fingerprint density at radius 1 is 1.39 bits per heavy atom. The second-order valence-corrected chi connectivity index (χ2v) is 4.79. The van der Waals surface area contributed by atoms with Crippen molar-refractivity contribution in [3.63, 3.8) is 0 Å². The van der Waals surface area contributed by atoms with Crippen LogP contribution in [0.2, 0.25) is 10.0 Å². The Hall–Kier alpha value is -1.16. The van der Waals surface area contributed by atoms with Crippen molar-refractivity contribution in [1.29, 1.82) is 0 Å². The van der Waals surface area contributed by atoms with Gasteiger partial charge < -0.3 is 4.18 Å². The van der Waals surface area contributed by atoms with Gasteiger partial charge in [0.25, 0.3) is 5.56 Å². The molecule has 0 radical (unpaired) electrons. The Bertz CT molecular complexity index is 625. The van der Waals surface area contributed by atoms with Crippen molar-refractivity contribution in [2.24, 2.45) is 0 Å². The van der Waals surface area contributed by atoms with E-state index in [0.717, 1.165) is 0 Å². The minimum atomic E-state index is -4.84. The molecule has 0 saturated carbocycles. The number of H-pyrrole nitrogens is 1. The normalized spacial score (nSPS) is 11.3. The first-order valence-corrected chi connectivity index (χ1v) is 6.45. The number of carbonyl (C=O) groups is 1. The Morgan fingerprint density at radius 3 is 2.56 bits per heavy atom. The fourth-order valence-corrected chi connectivity index (χ4v) is 1.68. The van der Waals surface area contributed by atoms with E-state index in [1.165, 1.54) is 0 Å². The Balaban J connectivity index is 2.73. The van der Waals surface area contributed by atoms with E-state index in [-0.39, 0.29) is 22.2 Å². The third-order valence-corrected chi connectivity index (χ3v) is 2.96. The molecule has 2 N–H and O–H groups in total. The maximum absolute atomic E-state index is 11.0. The average Bonchev–Trinajstić information content (AvgIpc) is 2.22. The molecule has 0 aliphatic carbocycles. The molecule has 0 bridgehead atoms. The zero-order valence-corrected chi connectivity index (χ0v) is 10.8. The lowest BCUT2D eigenvalue weighted by atomic mass is 10.2. The summed E-state index contributed by atoms with van der Waals surface area (Å²) in [5.74, 6) is -1.20. The topological polar surface area (TPSA) is 126 Å². The molecule has 1 heterocycles. The average molecular weight is 317 g/mol. The minimum Gasteiger partial charge on any atom is -0.325 e. The van der Waals surface area contributed by atoms with E-state index in [0.29, 0.717) is 0 Å². The number of aromatic nitrogens is 2. The molecule has 100 valence electrons. The minimum absolute atomic E-state index is 0.0913. The maximum atomic E-state index is 11.0. The van der Waals surface area contributed by atoms with Crippen LogP contribution in [0.25, 0.3) is 0 Å². The lowest BCUT2D eigenvalue weighted by Gasteiger charge is -2.03. The number of hydrogen-bond donors (Lipinski definition) is 2.